The normalized spacial score (nSPS) is 17.8. The SMILES string of the molecule is Cc1ccc(C)c(N(CC(=O)NC[C@H]2CCOC2)C(C)C)c1. The van der Waals surface area contributed by atoms with Crippen LogP contribution < -0.4 is 10.2 Å². The molecule has 1 aliphatic rings. The molecule has 1 aromatic rings. The number of hydrogen-bond acceptors (Lipinski definition) is 3. The zero-order valence-electron chi connectivity index (χ0n) is 14.2. The summed E-state index contributed by atoms with van der Waals surface area (Å²) in [5, 5.41) is 3.05. The molecule has 1 N–H and O–H groups in total. The van der Waals surface area contributed by atoms with E-state index in [1.165, 1.54) is 11.1 Å². The summed E-state index contributed by atoms with van der Waals surface area (Å²) < 4.78 is 5.35. The summed E-state index contributed by atoms with van der Waals surface area (Å²) in [6.07, 6.45) is 1.05. The molecule has 0 bridgehead atoms. The molecule has 1 amide bonds. The minimum atomic E-state index is 0.0847. The molecule has 0 spiro atoms. The van der Waals surface area contributed by atoms with Crippen LogP contribution in [0.5, 0.6) is 0 Å². The summed E-state index contributed by atoms with van der Waals surface area (Å²) in [4.78, 5) is 14.5. The van der Waals surface area contributed by atoms with Gasteiger partial charge < -0.3 is 15.0 Å². The van der Waals surface area contributed by atoms with Crippen molar-refractivity contribution in [1.82, 2.24) is 5.32 Å². The van der Waals surface area contributed by atoms with Crippen molar-refractivity contribution in [3.63, 3.8) is 0 Å². The van der Waals surface area contributed by atoms with E-state index >= 15 is 0 Å². The van der Waals surface area contributed by atoms with Gasteiger partial charge in [-0.25, -0.2) is 0 Å². The van der Waals surface area contributed by atoms with Gasteiger partial charge in [0.25, 0.3) is 0 Å². The molecule has 0 aromatic heterocycles. The molecule has 0 aliphatic carbocycles. The van der Waals surface area contributed by atoms with Crippen LogP contribution in [0.1, 0.15) is 31.4 Å². The second-order valence-electron chi connectivity index (χ2n) is 6.55. The van der Waals surface area contributed by atoms with Crippen LogP contribution in [0.4, 0.5) is 5.69 Å². The number of benzene rings is 1. The molecule has 4 nitrogen and oxygen atoms in total. The third kappa shape index (κ3) is 4.47. The van der Waals surface area contributed by atoms with Crippen molar-refractivity contribution in [3.8, 4) is 0 Å². The first-order valence-corrected chi connectivity index (χ1v) is 8.15. The van der Waals surface area contributed by atoms with Gasteiger partial charge in [-0.2, -0.15) is 0 Å². The standard InChI is InChI=1S/C18H28N2O2/c1-13(2)20(17-9-14(3)5-6-15(17)4)11-18(21)19-10-16-7-8-22-12-16/h5-6,9,13,16H,7-8,10-12H2,1-4H3,(H,19,21)/t16-/m1/s1. The molecule has 1 aromatic carbocycles. The maximum Gasteiger partial charge on any atom is 0.239 e. The van der Waals surface area contributed by atoms with E-state index in [1.807, 2.05) is 0 Å². The minimum Gasteiger partial charge on any atom is -0.381 e. The number of rotatable bonds is 6. The molecule has 0 unspecified atom stereocenters. The van der Waals surface area contributed by atoms with Crippen LogP contribution in [0.3, 0.4) is 0 Å². The Morgan fingerprint density at radius 3 is 2.82 bits per heavy atom. The van der Waals surface area contributed by atoms with Crippen LogP contribution in [0, 0.1) is 19.8 Å². The fourth-order valence-electron chi connectivity index (χ4n) is 2.79. The molecule has 1 saturated heterocycles. The zero-order chi connectivity index (χ0) is 16.1. The van der Waals surface area contributed by atoms with Gasteiger partial charge in [-0.05, 0) is 51.3 Å². The van der Waals surface area contributed by atoms with Gasteiger partial charge in [0.2, 0.25) is 5.91 Å². The summed E-state index contributed by atoms with van der Waals surface area (Å²) in [5.41, 5.74) is 3.57. The van der Waals surface area contributed by atoms with Crippen molar-refractivity contribution in [1.29, 1.82) is 0 Å². The van der Waals surface area contributed by atoms with E-state index in [2.05, 4.69) is 56.1 Å². The van der Waals surface area contributed by atoms with Crippen LogP contribution in [0.2, 0.25) is 0 Å². The van der Waals surface area contributed by atoms with Crippen LogP contribution in [-0.4, -0.2) is 38.3 Å². The highest BCUT2D eigenvalue weighted by Crippen LogP contribution is 2.23. The van der Waals surface area contributed by atoms with Crippen molar-refractivity contribution in [3.05, 3.63) is 29.3 Å². The number of carbonyl (C=O) groups excluding carboxylic acids is 1. The Morgan fingerprint density at radius 1 is 1.41 bits per heavy atom. The Kier molecular flexibility index (Phi) is 5.83. The second-order valence-corrected chi connectivity index (χ2v) is 6.55. The van der Waals surface area contributed by atoms with E-state index in [4.69, 9.17) is 4.74 Å². The van der Waals surface area contributed by atoms with Gasteiger partial charge in [0.05, 0.1) is 13.2 Å². The van der Waals surface area contributed by atoms with Crippen molar-refractivity contribution in [2.24, 2.45) is 5.92 Å². The fraction of sp³-hybridized carbons (Fsp3) is 0.611. The predicted octanol–water partition coefficient (Wildman–Crippen LogP) is 2.67. The van der Waals surface area contributed by atoms with Gasteiger partial charge in [0.15, 0.2) is 0 Å². The number of nitrogens with one attached hydrogen (secondary N) is 1. The van der Waals surface area contributed by atoms with Crippen molar-refractivity contribution < 1.29 is 9.53 Å². The summed E-state index contributed by atoms with van der Waals surface area (Å²) in [5.74, 6) is 0.554. The van der Waals surface area contributed by atoms with Crippen molar-refractivity contribution in [2.45, 2.75) is 40.2 Å². The Balaban J connectivity index is 1.98. The number of carbonyl (C=O) groups is 1. The number of nitrogens with zero attached hydrogens (tertiary/aromatic N) is 1. The van der Waals surface area contributed by atoms with Gasteiger partial charge in [-0.3, -0.25) is 4.79 Å². The number of hydrogen-bond donors (Lipinski definition) is 1. The Labute approximate surface area is 133 Å². The van der Waals surface area contributed by atoms with E-state index in [9.17, 15) is 4.79 Å². The molecule has 0 saturated carbocycles. The molecule has 1 aliphatic heterocycles. The number of ether oxygens (including phenoxy) is 1. The van der Waals surface area contributed by atoms with Gasteiger partial charge in [-0.1, -0.05) is 12.1 Å². The van der Waals surface area contributed by atoms with Gasteiger partial charge in [0, 0.05) is 30.8 Å². The highest BCUT2D eigenvalue weighted by molar-refractivity contribution is 5.81. The first kappa shape index (κ1) is 16.8. The van der Waals surface area contributed by atoms with Crippen LogP contribution in [0.15, 0.2) is 18.2 Å². The summed E-state index contributed by atoms with van der Waals surface area (Å²) in [6, 6.07) is 6.67. The predicted molar refractivity (Wildman–Crippen MR) is 90.3 cm³/mol. The molecular formula is C18H28N2O2. The summed E-state index contributed by atoms with van der Waals surface area (Å²) in [7, 11) is 0. The molecule has 0 radical (unpaired) electrons. The van der Waals surface area contributed by atoms with E-state index < -0.39 is 0 Å². The first-order chi connectivity index (χ1) is 10.5. The molecule has 4 heteroatoms. The molecular weight excluding hydrogens is 276 g/mol. The second kappa shape index (κ2) is 7.63. The number of amides is 1. The zero-order valence-corrected chi connectivity index (χ0v) is 14.2. The van der Waals surface area contributed by atoms with Gasteiger partial charge in [-0.15, -0.1) is 0 Å². The Morgan fingerprint density at radius 2 is 2.18 bits per heavy atom. The monoisotopic (exact) mass is 304 g/mol. The van der Waals surface area contributed by atoms with Crippen molar-refractivity contribution >= 4 is 11.6 Å². The highest BCUT2D eigenvalue weighted by atomic mass is 16.5. The molecule has 22 heavy (non-hydrogen) atoms. The van der Waals surface area contributed by atoms with Crippen LogP contribution >= 0.6 is 0 Å². The molecule has 2 rings (SSSR count). The largest absolute Gasteiger partial charge is 0.381 e. The lowest BCUT2D eigenvalue weighted by Gasteiger charge is -2.30. The lowest BCUT2D eigenvalue weighted by molar-refractivity contribution is -0.120. The average Bonchev–Trinajstić information content (AvgIpc) is 2.98. The molecule has 122 valence electrons. The topological polar surface area (TPSA) is 41.6 Å². The van der Waals surface area contributed by atoms with E-state index in [1.54, 1.807) is 0 Å². The Bertz CT molecular complexity index is 508. The lowest BCUT2D eigenvalue weighted by atomic mass is 10.1. The quantitative estimate of drug-likeness (QED) is 0.878. The smallest absolute Gasteiger partial charge is 0.239 e. The number of aryl methyl sites for hydroxylation is 2. The third-order valence-corrected chi connectivity index (χ3v) is 4.22. The maximum atomic E-state index is 12.3. The van der Waals surface area contributed by atoms with E-state index in [-0.39, 0.29) is 11.9 Å². The summed E-state index contributed by atoms with van der Waals surface area (Å²) >= 11 is 0. The summed E-state index contributed by atoms with van der Waals surface area (Å²) in [6.45, 7) is 11.1. The van der Waals surface area contributed by atoms with Gasteiger partial charge in [0.1, 0.15) is 0 Å². The molecule has 1 heterocycles. The maximum absolute atomic E-state index is 12.3. The first-order valence-electron chi connectivity index (χ1n) is 8.15. The van der Waals surface area contributed by atoms with Crippen LogP contribution in [-0.2, 0) is 9.53 Å². The van der Waals surface area contributed by atoms with E-state index in [0.29, 0.717) is 12.5 Å². The van der Waals surface area contributed by atoms with Crippen molar-refractivity contribution in [2.75, 3.05) is 31.2 Å². The number of anilines is 1. The lowest BCUT2D eigenvalue weighted by Crippen LogP contribution is -2.42. The van der Waals surface area contributed by atoms with E-state index in [0.717, 1.165) is 31.9 Å². The average molecular weight is 304 g/mol. The van der Waals surface area contributed by atoms with Gasteiger partial charge >= 0.3 is 0 Å². The Hall–Kier alpha value is -1.55. The molecule has 1 atom stereocenters. The minimum absolute atomic E-state index is 0.0847. The van der Waals surface area contributed by atoms with Crippen LogP contribution in [0.25, 0.3) is 0 Å². The third-order valence-electron chi connectivity index (χ3n) is 4.22. The molecule has 1 fully saturated rings. The fourth-order valence-corrected chi connectivity index (χ4v) is 2.79. The highest BCUT2D eigenvalue weighted by Gasteiger charge is 2.19.